The molecule has 0 saturated carbocycles. The van der Waals surface area contributed by atoms with Gasteiger partial charge in [0.2, 0.25) is 0 Å². The van der Waals surface area contributed by atoms with Crippen LogP contribution >= 0.6 is 0 Å². The van der Waals surface area contributed by atoms with Crippen LogP contribution in [0.5, 0.6) is 0 Å². The van der Waals surface area contributed by atoms with Crippen molar-refractivity contribution < 1.29 is 0 Å². The van der Waals surface area contributed by atoms with Gasteiger partial charge in [-0.1, -0.05) is 45.0 Å². The first-order valence-corrected chi connectivity index (χ1v) is 7.51. The second-order valence-corrected chi connectivity index (χ2v) is 5.94. The van der Waals surface area contributed by atoms with Gasteiger partial charge in [-0.25, -0.2) is 0 Å². The van der Waals surface area contributed by atoms with Gasteiger partial charge in [-0.2, -0.15) is 0 Å². The maximum absolute atomic E-state index is 3.43. The summed E-state index contributed by atoms with van der Waals surface area (Å²) in [7, 11) is 4.24. The zero-order valence-electron chi connectivity index (χ0n) is 13.2. The number of hydrogen-bond donors (Lipinski definition) is 1. The molecule has 1 atom stereocenters. The van der Waals surface area contributed by atoms with Crippen molar-refractivity contribution in [3.8, 4) is 0 Å². The summed E-state index contributed by atoms with van der Waals surface area (Å²) >= 11 is 0. The third-order valence-corrected chi connectivity index (χ3v) is 3.47. The van der Waals surface area contributed by atoms with E-state index < -0.39 is 0 Å². The summed E-state index contributed by atoms with van der Waals surface area (Å²) in [6.07, 6.45) is 2.38. The smallest absolute Gasteiger partial charge is 0.0446 e. The largest absolute Gasteiger partial charge is 0.312 e. The summed E-state index contributed by atoms with van der Waals surface area (Å²) in [6.45, 7) is 8.98. The molecule has 2 heteroatoms. The van der Waals surface area contributed by atoms with Crippen molar-refractivity contribution in [3.63, 3.8) is 0 Å². The van der Waals surface area contributed by atoms with Crippen LogP contribution in [0.3, 0.4) is 0 Å². The van der Waals surface area contributed by atoms with Crippen LogP contribution in [0.25, 0.3) is 0 Å². The van der Waals surface area contributed by atoms with E-state index in [-0.39, 0.29) is 0 Å². The van der Waals surface area contributed by atoms with Crippen molar-refractivity contribution in [2.24, 2.45) is 5.92 Å². The second kappa shape index (κ2) is 8.34. The molecule has 0 saturated heterocycles. The van der Waals surface area contributed by atoms with Gasteiger partial charge < -0.3 is 10.2 Å². The molecule has 0 aromatic heterocycles. The highest BCUT2D eigenvalue weighted by molar-refractivity contribution is 5.25. The average Bonchev–Trinajstić information content (AvgIpc) is 2.37. The highest BCUT2D eigenvalue weighted by Crippen LogP contribution is 2.16. The van der Waals surface area contributed by atoms with E-state index >= 15 is 0 Å². The van der Waals surface area contributed by atoms with Crippen LogP contribution in [0.4, 0.5) is 0 Å². The molecule has 1 N–H and O–H groups in total. The number of benzene rings is 1. The lowest BCUT2D eigenvalue weighted by Gasteiger charge is -2.24. The average molecular weight is 262 g/mol. The minimum absolute atomic E-state index is 0.421. The molecule has 0 aliphatic carbocycles. The molecule has 0 aliphatic rings. The van der Waals surface area contributed by atoms with Gasteiger partial charge in [0.25, 0.3) is 0 Å². The molecule has 1 unspecified atom stereocenters. The van der Waals surface area contributed by atoms with Crippen LogP contribution in [-0.2, 0) is 6.42 Å². The Hall–Kier alpha value is -0.860. The minimum Gasteiger partial charge on any atom is -0.312 e. The molecule has 0 fully saturated rings. The Bertz CT molecular complexity index is 343. The van der Waals surface area contributed by atoms with Crippen molar-refractivity contribution in [2.45, 2.75) is 39.7 Å². The van der Waals surface area contributed by atoms with Gasteiger partial charge in [0.1, 0.15) is 0 Å². The van der Waals surface area contributed by atoms with E-state index in [0.717, 1.165) is 19.0 Å². The minimum atomic E-state index is 0.421. The molecule has 1 aromatic rings. The number of rotatable bonds is 8. The highest BCUT2D eigenvalue weighted by atomic mass is 15.1. The lowest BCUT2D eigenvalue weighted by Crippen LogP contribution is -2.31. The van der Waals surface area contributed by atoms with Gasteiger partial charge >= 0.3 is 0 Å². The Morgan fingerprint density at radius 2 is 1.79 bits per heavy atom. The molecule has 0 spiro atoms. The normalized spacial score (nSPS) is 13.2. The lowest BCUT2D eigenvalue weighted by atomic mass is 9.99. The number of hydrogen-bond acceptors (Lipinski definition) is 2. The number of likely N-dealkylation sites (N-methyl/N-ethyl adjacent to an activating group) is 2. The monoisotopic (exact) mass is 262 g/mol. The van der Waals surface area contributed by atoms with Gasteiger partial charge in [-0.05, 0) is 50.5 Å². The highest BCUT2D eigenvalue weighted by Gasteiger charge is 2.11. The first kappa shape index (κ1) is 16.2. The molecular formula is C17H30N2. The molecular weight excluding hydrogens is 232 g/mol. The van der Waals surface area contributed by atoms with Crippen LogP contribution in [0.2, 0.25) is 0 Å². The standard InChI is InChI=1S/C17H30N2/c1-6-11-19(5)13-17(18-4)16-9-7-15(8-10-16)12-14(2)3/h7-10,14,17-18H,6,11-13H2,1-5H3. The number of nitrogens with zero attached hydrogens (tertiary/aromatic N) is 1. The van der Waals surface area contributed by atoms with Gasteiger partial charge in [0.15, 0.2) is 0 Å². The molecule has 19 heavy (non-hydrogen) atoms. The third-order valence-electron chi connectivity index (χ3n) is 3.47. The zero-order valence-corrected chi connectivity index (χ0v) is 13.2. The molecule has 0 bridgehead atoms. The quantitative estimate of drug-likeness (QED) is 0.771. The van der Waals surface area contributed by atoms with E-state index in [1.165, 1.54) is 24.0 Å². The summed E-state index contributed by atoms with van der Waals surface area (Å²) in [6, 6.07) is 9.53. The van der Waals surface area contributed by atoms with E-state index in [9.17, 15) is 0 Å². The first-order chi connectivity index (χ1) is 9.06. The topological polar surface area (TPSA) is 15.3 Å². The molecule has 0 heterocycles. The Morgan fingerprint density at radius 1 is 1.16 bits per heavy atom. The summed E-state index contributed by atoms with van der Waals surface area (Å²) in [4.78, 5) is 2.39. The van der Waals surface area contributed by atoms with Gasteiger partial charge in [0.05, 0.1) is 0 Å². The fourth-order valence-corrected chi connectivity index (χ4v) is 2.51. The van der Waals surface area contributed by atoms with E-state index in [2.05, 4.69) is 62.3 Å². The molecule has 0 aliphatic heterocycles. The van der Waals surface area contributed by atoms with E-state index in [4.69, 9.17) is 0 Å². The molecule has 1 aromatic carbocycles. The first-order valence-electron chi connectivity index (χ1n) is 7.51. The summed E-state index contributed by atoms with van der Waals surface area (Å²) in [5.74, 6) is 0.724. The Kier molecular flexibility index (Phi) is 7.11. The fourth-order valence-electron chi connectivity index (χ4n) is 2.51. The van der Waals surface area contributed by atoms with Crippen LogP contribution in [0.1, 0.15) is 44.4 Å². The fraction of sp³-hybridized carbons (Fsp3) is 0.647. The lowest BCUT2D eigenvalue weighted by molar-refractivity contribution is 0.297. The maximum Gasteiger partial charge on any atom is 0.0446 e. The third kappa shape index (κ3) is 5.75. The Balaban J connectivity index is 2.65. The summed E-state index contributed by atoms with van der Waals surface area (Å²) < 4.78 is 0. The van der Waals surface area contributed by atoms with Gasteiger partial charge in [0, 0.05) is 12.6 Å². The van der Waals surface area contributed by atoms with E-state index in [1.54, 1.807) is 0 Å². The van der Waals surface area contributed by atoms with Gasteiger partial charge in [-0.3, -0.25) is 0 Å². The van der Waals surface area contributed by atoms with Crippen molar-refractivity contribution in [2.75, 3.05) is 27.2 Å². The van der Waals surface area contributed by atoms with Crippen LogP contribution < -0.4 is 5.32 Å². The molecule has 108 valence electrons. The van der Waals surface area contributed by atoms with Crippen LogP contribution in [-0.4, -0.2) is 32.1 Å². The SMILES string of the molecule is CCCN(C)CC(NC)c1ccc(CC(C)C)cc1. The summed E-state index contributed by atoms with van der Waals surface area (Å²) in [5, 5.41) is 3.43. The second-order valence-electron chi connectivity index (χ2n) is 5.94. The molecule has 0 radical (unpaired) electrons. The Morgan fingerprint density at radius 3 is 2.26 bits per heavy atom. The van der Waals surface area contributed by atoms with Crippen molar-refractivity contribution >= 4 is 0 Å². The van der Waals surface area contributed by atoms with E-state index in [0.29, 0.717) is 6.04 Å². The van der Waals surface area contributed by atoms with Gasteiger partial charge in [-0.15, -0.1) is 0 Å². The van der Waals surface area contributed by atoms with Crippen molar-refractivity contribution in [1.82, 2.24) is 10.2 Å². The van der Waals surface area contributed by atoms with Crippen molar-refractivity contribution in [3.05, 3.63) is 35.4 Å². The molecule has 0 amide bonds. The predicted molar refractivity (Wildman–Crippen MR) is 84.6 cm³/mol. The Labute approximate surface area is 119 Å². The predicted octanol–water partition coefficient (Wildman–Crippen LogP) is 3.49. The zero-order chi connectivity index (χ0) is 14.3. The maximum atomic E-state index is 3.43. The van der Waals surface area contributed by atoms with E-state index in [1.807, 2.05) is 7.05 Å². The molecule has 2 nitrogen and oxygen atoms in total. The van der Waals surface area contributed by atoms with Crippen molar-refractivity contribution in [1.29, 1.82) is 0 Å². The number of nitrogens with one attached hydrogen (secondary N) is 1. The summed E-state index contributed by atoms with van der Waals surface area (Å²) in [5.41, 5.74) is 2.83. The van der Waals surface area contributed by atoms with Crippen LogP contribution in [0, 0.1) is 5.92 Å². The molecule has 1 rings (SSSR count). The van der Waals surface area contributed by atoms with Crippen LogP contribution in [0.15, 0.2) is 24.3 Å².